The van der Waals surface area contributed by atoms with Gasteiger partial charge in [-0.05, 0) is 54.4 Å². The van der Waals surface area contributed by atoms with Gasteiger partial charge in [0.2, 0.25) is 0 Å². The Labute approximate surface area is 104 Å². The lowest BCUT2D eigenvalue weighted by Crippen LogP contribution is -2.64. The van der Waals surface area contributed by atoms with E-state index in [1.165, 1.54) is 0 Å². The first-order chi connectivity index (χ1) is 7.47. The molecule has 1 fully saturated rings. The van der Waals surface area contributed by atoms with E-state index in [4.69, 9.17) is 4.74 Å². The third-order valence-corrected chi connectivity index (χ3v) is 3.65. The number of carbonyl (C=O) groups excluding carboxylic acids is 1. The van der Waals surface area contributed by atoms with Crippen molar-refractivity contribution < 1.29 is 14.6 Å². The summed E-state index contributed by atoms with van der Waals surface area (Å²) in [6, 6.07) is 0. The molecule has 1 atom stereocenters. The van der Waals surface area contributed by atoms with Crippen molar-refractivity contribution in [1.82, 2.24) is 4.90 Å². The molecular formula is C13H25NO3. The van der Waals surface area contributed by atoms with Crippen molar-refractivity contribution in [2.24, 2.45) is 0 Å². The van der Waals surface area contributed by atoms with Crippen LogP contribution in [0.25, 0.3) is 0 Å². The van der Waals surface area contributed by atoms with Crippen LogP contribution in [0.5, 0.6) is 0 Å². The van der Waals surface area contributed by atoms with Gasteiger partial charge in [-0.2, -0.15) is 0 Å². The van der Waals surface area contributed by atoms with Crippen LogP contribution in [0.15, 0.2) is 0 Å². The highest BCUT2D eigenvalue weighted by molar-refractivity contribution is 5.69. The first-order valence-electron chi connectivity index (χ1n) is 6.20. The summed E-state index contributed by atoms with van der Waals surface area (Å²) in [5.41, 5.74) is -1.98. The van der Waals surface area contributed by atoms with Crippen molar-refractivity contribution in [2.75, 3.05) is 6.54 Å². The third kappa shape index (κ3) is 2.92. The number of likely N-dealkylation sites (tertiary alicyclic amines) is 1. The summed E-state index contributed by atoms with van der Waals surface area (Å²) in [7, 11) is 0. The minimum atomic E-state index is -0.873. The van der Waals surface area contributed by atoms with Crippen molar-refractivity contribution in [3.8, 4) is 0 Å². The lowest BCUT2D eigenvalue weighted by molar-refractivity contribution is -0.114. The number of rotatable bonds is 0. The Morgan fingerprint density at radius 3 is 2.29 bits per heavy atom. The Kier molecular flexibility index (Phi) is 3.50. The zero-order valence-electron chi connectivity index (χ0n) is 11.8. The second-order valence-electron chi connectivity index (χ2n) is 6.57. The number of piperidine rings is 1. The summed E-state index contributed by atoms with van der Waals surface area (Å²) < 4.78 is 5.38. The normalized spacial score (nSPS) is 29.0. The van der Waals surface area contributed by atoms with Gasteiger partial charge in [0.25, 0.3) is 0 Å². The molecule has 17 heavy (non-hydrogen) atoms. The maximum atomic E-state index is 12.1. The highest BCUT2D eigenvalue weighted by atomic mass is 16.6. The molecule has 100 valence electrons. The van der Waals surface area contributed by atoms with Crippen molar-refractivity contribution in [3.63, 3.8) is 0 Å². The van der Waals surface area contributed by atoms with Crippen molar-refractivity contribution in [1.29, 1.82) is 0 Å². The summed E-state index contributed by atoms with van der Waals surface area (Å²) in [5, 5.41) is 10.4. The monoisotopic (exact) mass is 243 g/mol. The summed E-state index contributed by atoms with van der Waals surface area (Å²) in [6.45, 7) is 11.7. The second-order valence-corrected chi connectivity index (χ2v) is 6.57. The van der Waals surface area contributed by atoms with Gasteiger partial charge in [0, 0.05) is 6.54 Å². The third-order valence-electron chi connectivity index (χ3n) is 3.65. The second kappa shape index (κ2) is 4.16. The Hall–Kier alpha value is -0.770. The Morgan fingerprint density at radius 1 is 1.29 bits per heavy atom. The molecule has 1 aliphatic heterocycles. The Balaban J connectivity index is 2.87. The molecule has 1 unspecified atom stereocenters. The van der Waals surface area contributed by atoms with Crippen molar-refractivity contribution in [3.05, 3.63) is 0 Å². The molecule has 1 heterocycles. The van der Waals surface area contributed by atoms with Gasteiger partial charge in [0.1, 0.15) is 5.60 Å². The van der Waals surface area contributed by atoms with Crippen LogP contribution in [0.1, 0.15) is 54.4 Å². The van der Waals surface area contributed by atoms with Gasteiger partial charge in [0.05, 0.1) is 11.1 Å². The fourth-order valence-electron chi connectivity index (χ4n) is 2.09. The average molecular weight is 243 g/mol. The molecule has 0 aromatic heterocycles. The molecule has 1 amide bonds. The first kappa shape index (κ1) is 14.3. The van der Waals surface area contributed by atoms with Gasteiger partial charge in [-0.3, -0.25) is 0 Å². The van der Waals surface area contributed by atoms with Crippen LogP contribution in [0, 0.1) is 0 Å². The minimum absolute atomic E-state index is 0.345. The van der Waals surface area contributed by atoms with Gasteiger partial charge < -0.3 is 14.7 Å². The molecule has 0 aromatic rings. The molecule has 0 aromatic carbocycles. The van der Waals surface area contributed by atoms with Crippen LogP contribution >= 0.6 is 0 Å². The fourth-order valence-corrected chi connectivity index (χ4v) is 2.09. The van der Waals surface area contributed by atoms with Gasteiger partial charge in [-0.15, -0.1) is 0 Å². The van der Waals surface area contributed by atoms with E-state index in [1.54, 1.807) is 11.8 Å². The summed E-state index contributed by atoms with van der Waals surface area (Å²) in [6.07, 6.45) is 1.16. The van der Waals surface area contributed by atoms with Crippen LogP contribution in [0.4, 0.5) is 4.79 Å². The highest BCUT2D eigenvalue weighted by Gasteiger charge is 2.49. The maximum Gasteiger partial charge on any atom is 0.410 e. The Morgan fingerprint density at radius 2 is 1.82 bits per heavy atom. The highest BCUT2D eigenvalue weighted by Crippen LogP contribution is 2.37. The van der Waals surface area contributed by atoms with E-state index >= 15 is 0 Å². The topological polar surface area (TPSA) is 49.8 Å². The molecule has 0 bridgehead atoms. The molecule has 4 heteroatoms. The Bertz CT molecular complexity index is 302. The number of nitrogens with zero attached hydrogens (tertiary/aromatic N) is 1. The lowest BCUT2D eigenvalue weighted by Gasteiger charge is -2.51. The molecule has 1 saturated heterocycles. The molecule has 0 radical (unpaired) electrons. The molecule has 4 nitrogen and oxygen atoms in total. The van der Waals surface area contributed by atoms with E-state index in [9.17, 15) is 9.90 Å². The quantitative estimate of drug-likeness (QED) is 0.711. The van der Waals surface area contributed by atoms with Crippen LogP contribution in [0.3, 0.4) is 0 Å². The van der Waals surface area contributed by atoms with E-state index in [0.717, 1.165) is 6.42 Å². The molecule has 0 spiro atoms. The summed E-state index contributed by atoms with van der Waals surface area (Å²) in [5.74, 6) is 0. The maximum absolute atomic E-state index is 12.1. The number of aliphatic hydroxyl groups is 1. The number of hydrogen-bond acceptors (Lipinski definition) is 3. The van der Waals surface area contributed by atoms with E-state index in [2.05, 4.69) is 0 Å². The summed E-state index contributed by atoms with van der Waals surface area (Å²) >= 11 is 0. The van der Waals surface area contributed by atoms with Gasteiger partial charge in [0.15, 0.2) is 0 Å². The smallest absolute Gasteiger partial charge is 0.410 e. The van der Waals surface area contributed by atoms with Gasteiger partial charge >= 0.3 is 6.09 Å². The standard InChI is InChI=1S/C13H25NO3/c1-11(2,3)17-10(15)14-9-7-8-13(6,16)12(14,4)5/h16H,7-9H2,1-6H3. The van der Waals surface area contributed by atoms with Crippen molar-refractivity contribution >= 4 is 6.09 Å². The predicted molar refractivity (Wildman–Crippen MR) is 66.9 cm³/mol. The van der Waals surface area contributed by atoms with E-state index in [0.29, 0.717) is 13.0 Å². The van der Waals surface area contributed by atoms with Crippen molar-refractivity contribution in [2.45, 2.75) is 71.1 Å². The van der Waals surface area contributed by atoms with Gasteiger partial charge in [-0.1, -0.05) is 0 Å². The zero-order chi connectivity index (χ0) is 13.5. The zero-order valence-corrected chi connectivity index (χ0v) is 11.8. The largest absolute Gasteiger partial charge is 0.444 e. The fraction of sp³-hybridized carbons (Fsp3) is 0.923. The van der Waals surface area contributed by atoms with Crippen LogP contribution < -0.4 is 0 Å². The molecule has 1 N–H and O–H groups in total. The molecule has 0 saturated carbocycles. The van der Waals surface area contributed by atoms with Crippen LogP contribution in [-0.4, -0.2) is 39.4 Å². The van der Waals surface area contributed by atoms with E-state index in [-0.39, 0.29) is 6.09 Å². The molecule has 1 rings (SSSR count). The number of amides is 1. The summed E-state index contributed by atoms with van der Waals surface area (Å²) in [4.78, 5) is 13.8. The number of carbonyl (C=O) groups is 1. The number of ether oxygens (including phenoxy) is 1. The van der Waals surface area contributed by atoms with E-state index < -0.39 is 16.7 Å². The molecule has 1 aliphatic rings. The predicted octanol–water partition coefficient (Wildman–Crippen LogP) is 2.55. The molecular weight excluding hydrogens is 218 g/mol. The minimum Gasteiger partial charge on any atom is -0.444 e. The average Bonchev–Trinajstić information content (AvgIpc) is 2.06. The van der Waals surface area contributed by atoms with E-state index in [1.807, 2.05) is 34.6 Å². The first-order valence-corrected chi connectivity index (χ1v) is 6.20. The SMILES string of the molecule is CC(C)(C)OC(=O)N1CCCC(C)(O)C1(C)C. The molecule has 0 aliphatic carbocycles. The van der Waals surface area contributed by atoms with Crippen LogP contribution in [0.2, 0.25) is 0 Å². The van der Waals surface area contributed by atoms with Crippen LogP contribution in [-0.2, 0) is 4.74 Å². The van der Waals surface area contributed by atoms with Gasteiger partial charge in [-0.25, -0.2) is 4.79 Å². The lowest BCUT2D eigenvalue weighted by atomic mass is 9.76. The number of hydrogen-bond donors (Lipinski definition) is 1.